The van der Waals surface area contributed by atoms with Gasteiger partial charge in [-0.25, -0.2) is 4.98 Å². The van der Waals surface area contributed by atoms with Gasteiger partial charge in [0.1, 0.15) is 5.82 Å². The van der Waals surface area contributed by atoms with Crippen LogP contribution in [0.15, 0.2) is 85.1 Å². The van der Waals surface area contributed by atoms with Gasteiger partial charge in [0, 0.05) is 57.6 Å². The van der Waals surface area contributed by atoms with E-state index in [-0.39, 0.29) is 5.91 Å². The molecule has 32 heavy (non-hydrogen) atoms. The number of carbonyl (C=O) groups excluding carboxylic acids is 1. The molecule has 2 aliphatic heterocycles. The van der Waals surface area contributed by atoms with Crippen molar-refractivity contribution in [3.63, 3.8) is 0 Å². The molecule has 0 bridgehead atoms. The normalized spacial score (nSPS) is 17.5. The summed E-state index contributed by atoms with van der Waals surface area (Å²) in [6, 6.07) is 25.2. The first-order valence-electron chi connectivity index (χ1n) is 11.3. The molecule has 0 spiro atoms. The number of hydrogen-bond acceptors (Lipinski definition) is 4. The summed E-state index contributed by atoms with van der Waals surface area (Å²) in [5, 5.41) is 0. The van der Waals surface area contributed by atoms with Crippen molar-refractivity contribution in [1.82, 2.24) is 14.8 Å². The zero-order valence-electron chi connectivity index (χ0n) is 18.2. The Bertz CT molecular complexity index is 1050. The molecule has 2 fully saturated rings. The number of nitrogens with zero attached hydrogens (tertiary/aromatic N) is 4. The van der Waals surface area contributed by atoms with Crippen LogP contribution in [0.25, 0.3) is 17.2 Å². The van der Waals surface area contributed by atoms with Crippen LogP contribution in [-0.2, 0) is 4.79 Å². The Kier molecular flexibility index (Phi) is 5.99. The van der Waals surface area contributed by atoms with Crippen molar-refractivity contribution in [2.75, 3.05) is 44.2 Å². The van der Waals surface area contributed by atoms with Crippen molar-refractivity contribution in [3.8, 4) is 11.1 Å². The molecule has 0 N–H and O–H groups in total. The number of aromatic nitrogens is 1. The standard InChI is InChI=1S/C27H28N4O/c32-27(14-11-22-9-12-24(13-10-22)23-6-2-1-3-7-23)31-20-25(21-31)29-16-18-30(19-17-29)26-8-4-5-15-28-26/h1-15,25H,16-21H2. The fraction of sp³-hybridized carbons (Fsp3) is 0.259. The van der Waals surface area contributed by atoms with Crippen LogP contribution in [0.5, 0.6) is 0 Å². The summed E-state index contributed by atoms with van der Waals surface area (Å²) < 4.78 is 0. The first-order chi connectivity index (χ1) is 15.8. The Labute approximate surface area is 189 Å². The second-order valence-corrected chi connectivity index (χ2v) is 8.43. The van der Waals surface area contributed by atoms with Gasteiger partial charge in [0.15, 0.2) is 0 Å². The molecule has 5 rings (SSSR count). The number of amides is 1. The maximum atomic E-state index is 12.6. The number of piperazine rings is 1. The molecule has 5 heteroatoms. The average Bonchev–Trinajstić information content (AvgIpc) is 2.84. The van der Waals surface area contributed by atoms with Crippen molar-refractivity contribution in [3.05, 3.63) is 90.6 Å². The van der Waals surface area contributed by atoms with Crippen LogP contribution in [0.3, 0.4) is 0 Å². The topological polar surface area (TPSA) is 39.7 Å². The number of hydrogen-bond donors (Lipinski definition) is 0. The third kappa shape index (κ3) is 4.58. The number of pyridine rings is 1. The lowest BCUT2D eigenvalue weighted by Crippen LogP contribution is -2.64. The fourth-order valence-corrected chi connectivity index (χ4v) is 4.41. The summed E-state index contributed by atoms with van der Waals surface area (Å²) in [6.45, 7) is 5.65. The van der Waals surface area contributed by atoms with Crippen LogP contribution in [0, 0.1) is 0 Å². The molecule has 0 radical (unpaired) electrons. The second kappa shape index (κ2) is 9.37. The minimum atomic E-state index is 0.0977. The predicted octanol–water partition coefficient (Wildman–Crippen LogP) is 3.79. The zero-order valence-corrected chi connectivity index (χ0v) is 18.2. The smallest absolute Gasteiger partial charge is 0.246 e. The van der Waals surface area contributed by atoms with E-state index in [4.69, 9.17) is 0 Å². The highest BCUT2D eigenvalue weighted by Crippen LogP contribution is 2.21. The molecule has 162 valence electrons. The number of carbonyl (C=O) groups is 1. The third-order valence-electron chi connectivity index (χ3n) is 6.41. The minimum Gasteiger partial charge on any atom is -0.354 e. The predicted molar refractivity (Wildman–Crippen MR) is 129 cm³/mol. The number of benzene rings is 2. The molecule has 2 saturated heterocycles. The monoisotopic (exact) mass is 424 g/mol. The number of rotatable bonds is 5. The van der Waals surface area contributed by atoms with E-state index in [1.54, 1.807) is 6.08 Å². The van der Waals surface area contributed by atoms with Gasteiger partial charge < -0.3 is 9.80 Å². The Morgan fingerprint density at radius 2 is 1.50 bits per heavy atom. The van der Waals surface area contributed by atoms with Crippen molar-refractivity contribution >= 4 is 17.8 Å². The maximum absolute atomic E-state index is 12.6. The number of likely N-dealkylation sites (tertiary alicyclic amines) is 1. The lowest BCUT2D eigenvalue weighted by molar-refractivity contribution is -0.133. The van der Waals surface area contributed by atoms with E-state index in [0.29, 0.717) is 6.04 Å². The Morgan fingerprint density at radius 3 is 2.19 bits per heavy atom. The van der Waals surface area contributed by atoms with Gasteiger partial charge >= 0.3 is 0 Å². The van der Waals surface area contributed by atoms with Crippen LogP contribution in [0.4, 0.5) is 5.82 Å². The zero-order chi connectivity index (χ0) is 21.8. The minimum absolute atomic E-state index is 0.0977. The van der Waals surface area contributed by atoms with Gasteiger partial charge in [0.05, 0.1) is 0 Å². The second-order valence-electron chi connectivity index (χ2n) is 8.43. The van der Waals surface area contributed by atoms with Gasteiger partial charge in [-0.3, -0.25) is 9.69 Å². The first-order valence-corrected chi connectivity index (χ1v) is 11.3. The van der Waals surface area contributed by atoms with Gasteiger partial charge in [-0.2, -0.15) is 0 Å². The van der Waals surface area contributed by atoms with Crippen molar-refractivity contribution < 1.29 is 4.79 Å². The molecule has 0 saturated carbocycles. The third-order valence-corrected chi connectivity index (χ3v) is 6.41. The van der Waals surface area contributed by atoms with Crippen LogP contribution in [0.2, 0.25) is 0 Å². The van der Waals surface area contributed by atoms with E-state index < -0.39 is 0 Å². The van der Waals surface area contributed by atoms with Crippen LogP contribution in [0.1, 0.15) is 5.56 Å². The molecule has 2 aromatic carbocycles. The summed E-state index contributed by atoms with van der Waals surface area (Å²) in [4.78, 5) is 23.8. The molecule has 1 aromatic heterocycles. The van der Waals surface area contributed by atoms with E-state index in [1.807, 2.05) is 47.5 Å². The van der Waals surface area contributed by atoms with Gasteiger partial charge in [-0.05, 0) is 34.9 Å². The highest BCUT2D eigenvalue weighted by molar-refractivity contribution is 5.92. The summed E-state index contributed by atoms with van der Waals surface area (Å²) in [5.41, 5.74) is 3.43. The highest BCUT2D eigenvalue weighted by Gasteiger charge is 2.35. The molecular formula is C27H28N4O. The van der Waals surface area contributed by atoms with E-state index in [9.17, 15) is 4.79 Å². The molecular weight excluding hydrogens is 396 g/mol. The van der Waals surface area contributed by atoms with E-state index >= 15 is 0 Å². The lowest BCUT2D eigenvalue weighted by Gasteiger charge is -2.48. The molecule has 0 aliphatic carbocycles. The van der Waals surface area contributed by atoms with Gasteiger partial charge in [0.25, 0.3) is 0 Å². The SMILES string of the molecule is O=C(C=Cc1ccc(-c2ccccc2)cc1)N1CC(N2CCN(c3ccccn3)CC2)C1. The lowest BCUT2D eigenvalue weighted by atomic mass is 10.0. The first kappa shape index (κ1) is 20.5. The van der Waals surface area contributed by atoms with Gasteiger partial charge in [-0.1, -0.05) is 60.7 Å². The van der Waals surface area contributed by atoms with Crippen LogP contribution >= 0.6 is 0 Å². The largest absolute Gasteiger partial charge is 0.354 e. The molecule has 3 heterocycles. The molecule has 3 aromatic rings. The van der Waals surface area contributed by atoms with Crippen molar-refractivity contribution in [1.29, 1.82) is 0 Å². The van der Waals surface area contributed by atoms with Crippen molar-refractivity contribution in [2.45, 2.75) is 6.04 Å². The van der Waals surface area contributed by atoms with Crippen molar-refractivity contribution in [2.24, 2.45) is 0 Å². The van der Waals surface area contributed by atoms with Gasteiger partial charge in [-0.15, -0.1) is 0 Å². The Hall–Kier alpha value is -3.44. The maximum Gasteiger partial charge on any atom is 0.246 e. The van der Waals surface area contributed by atoms with Crippen LogP contribution < -0.4 is 4.90 Å². The highest BCUT2D eigenvalue weighted by atomic mass is 16.2. The van der Waals surface area contributed by atoms with E-state index in [1.165, 1.54) is 11.1 Å². The summed E-state index contributed by atoms with van der Waals surface area (Å²) in [7, 11) is 0. The van der Waals surface area contributed by atoms with E-state index in [2.05, 4.69) is 57.2 Å². The summed E-state index contributed by atoms with van der Waals surface area (Å²) in [5.74, 6) is 1.15. The number of anilines is 1. The Morgan fingerprint density at radius 1 is 0.812 bits per heavy atom. The molecule has 0 atom stereocenters. The average molecular weight is 425 g/mol. The quantitative estimate of drug-likeness (QED) is 0.584. The Balaban J connectivity index is 1.08. The molecule has 0 unspecified atom stereocenters. The molecule has 5 nitrogen and oxygen atoms in total. The molecule has 1 amide bonds. The summed E-state index contributed by atoms with van der Waals surface area (Å²) >= 11 is 0. The van der Waals surface area contributed by atoms with E-state index in [0.717, 1.165) is 50.6 Å². The fourth-order valence-electron chi connectivity index (χ4n) is 4.41. The summed E-state index contributed by atoms with van der Waals surface area (Å²) in [6.07, 6.45) is 5.46. The van der Waals surface area contributed by atoms with Crippen LogP contribution in [-0.4, -0.2) is 66.0 Å². The molecule has 2 aliphatic rings. The van der Waals surface area contributed by atoms with Gasteiger partial charge in [0.2, 0.25) is 5.91 Å².